The van der Waals surface area contributed by atoms with Gasteiger partial charge in [-0.3, -0.25) is 18.7 Å². The van der Waals surface area contributed by atoms with Crippen LogP contribution < -0.4 is 36.4 Å². The summed E-state index contributed by atoms with van der Waals surface area (Å²) in [6.45, 7) is 15.3. The largest absolute Gasteiger partial charge is 0.379 e. The van der Waals surface area contributed by atoms with Gasteiger partial charge in [-0.1, -0.05) is 24.3 Å². The molecule has 2 aromatic heterocycles. The van der Waals surface area contributed by atoms with Gasteiger partial charge < -0.3 is 31.3 Å². The highest BCUT2D eigenvalue weighted by Crippen LogP contribution is 2.41. The summed E-state index contributed by atoms with van der Waals surface area (Å²) in [5.74, 6) is -4.08. The van der Waals surface area contributed by atoms with Crippen molar-refractivity contribution in [2.24, 2.45) is 0 Å². The van der Waals surface area contributed by atoms with Crippen molar-refractivity contribution in [3.63, 3.8) is 0 Å². The molecule has 23 heteroatoms. The van der Waals surface area contributed by atoms with Gasteiger partial charge in [0.15, 0.2) is 11.6 Å². The van der Waals surface area contributed by atoms with Crippen molar-refractivity contribution in [3.05, 3.63) is 129 Å². The first-order chi connectivity index (χ1) is 36.3. The third-order valence-corrected chi connectivity index (χ3v) is 13.1. The summed E-state index contributed by atoms with van der Waals surface area (Å²) in [4.78, 5) is 73.4. The third-order valence-electron chi connectivity index (χ3n) is 12.4. The number of hydrogen-bond acceptors (Lipinski definition) is 12. The summed E-state index contributed by atoms with van der Waals surface area (Å²) in [6, 6.07) is 15.4. The van der Waals surface area contributed by atoms with E-state index in [-0.39, 0.29) is 59.7 Å². The van der Waals surface area contributed by atoms with E-state index >= 15 is 0 Å². The van der Waals surface area contributed by atoms with Gasteiger partial charge in [-0.05, 0) is 101 Å². The SMILES string of the molecule is Cc1ccc(C(=O)NC(C)C)cc1-c1nc(NCCN2CCOCC2)nc2c1CNC(=O)N2c1c(F)cccc1F.Cc1ccc(C(=O)NC(C)C)cc1-c1nc(S(C)=O)nc2c1CNC(=O)N2c1c(F)cccc1F. The Balaban J connectivity index is 0.000000204. The number of fused-ring (bicyclic) bond motifs is 2. The van der Waals surface area contributed by atoms with E-state index < -0.39 is 57.5 Å². The number of nitrogens with one attached hydrogen (secondary N) is 5. The highest BCUT2D eigenvalue weighted by atomic mass is 32.2. The van der Waals surface area contributed by atoms with Gasteiger partial charge >= 0.3 is 12.1 Å². The number of urea groups is 2. The molecule has 6 aromatic rings. The number of carbonyl (C=O) groups excluding carboxylic acids is 4. The van der Waals surface area contributed by atoms with E-state index in [2.05, 4.69) is 46.4 Å². The Bertz CT molecular complexity index is 3230. The van der Waals surface area contributed by atoms with Gasteiger partial charge in [-0.2, -0.15) is 4.98 Å². The predicted octanol–water partition coefficient (Wildman–Crippen LogP) is 7.94. The van der Waals surface area contributed by atoms with Crippen LogP contribution in [0.15, 0.2) is 78.0 Å². The molecule has 9 rings (SSSR count). The van der Waals surface area contributed by atoms with Crippen LogP contribution in [0.25, 0.3) is 22.5 Å². The van der Waals surface area contributed by atoms with E-state index in [0.29, 0.717) is 71.1 Å². The molecule has 4 aromatic carbocycles. The molecule has 3 aliphatic heterocycles. The molecule has 18 nitrogen and oxygen atoms in total. The first-order valence-electron chi connectivity index (χ1n) is 24.4. The number of carbonyl (C=O) groups is 4. The molecule has 398 valence electrons. The zero-order valence-corrected chi connectivity index (χ0v) is 43.6. The van der Waals surface area contributed by atoms with E-state index in [1.165, 1.54) is 18.4 Å². The van der Waals surface area contributed by atoms with Crippen molar-refractivity contribution < 1.29 is 45.7 Å². The van der Waals surface area contributed by atoms with Crippen molar-refractivity contribution in [3.8, 4) is 22.5 Å². The quantitative estimate of drug-likeness (QED) is 0.0551. The number of rotatable bonds is 13. The number of amides is 6. The number of benzene rings is 4. The fourth-order valence-electron chi connectivity index (χ4n) is 8.65. The minimum atomic E-state index is -1.68. The highest BCUT2D eigenvalue weighted by Gasteiger charge is 2.36. The number of hydrogen-bond donors (Lipinski definition) is 5. The van der Waals surface area contributed by atoms with Gasteiger partial charge in [0.2, 0.25) is 11.1 Å². The maximum atomic E-state index is 15.0. The number of aryl methyl sites for hydroxylation is 2. The fraction of sp³-hybridized carbons (Fsp3) is 0.321. The second-order valence-corrected chi connectivity index (χ2v) is 19.9. The molecule has 76 heavy (non-hydrogen) atoms. The first-order valence-corrected chi connectivity index (χ1v) is 25.9. The van der Waals surface area contributed by atoms with Crippen LogP contribution in [0.3, 0.4) is 0 Å². The van der Waals surface area contributed by atoms with Crippen molar-refractivity contribution in [2.75, 3.05) is 60.8 Å². The van der Waals surface area contributed by atoms with Crippen molar-refractivity contribution in [1.82, 2.24) is 46.1 Å². The smallest absolute Gasteiger partial charge is 0.328 e. The van der Waals surface area contributed by atoms with Crippen LogP contribution >= 0.6 is 0 Å². The van der Waals surface area contributed by atoms with Crippen LogP contribution in [-0.2, 0) is 28.6 Å². The monoisotopic (exact) mass is 1060 g/mol. The molecule has 3 aliphatic rings. The van der Waals surface area contributed by atoms with Crippen LogP contribution in [0.2, 0.25) is 0 Å². The van der Waals surface area contributed by atoms with Crippen LogP contribution in [-0.4, -0.2) is 111 Å². The summed E-state index contributed by atoms with van der Waals surface area (Å²) in [6.07, 6.45) is 1.36. The molecular formula is C53H56F4N12O6S. The third kappa shape index (κ3) is 11.8. The van der Waals surface area contributed by atoms with E-state index in [9.17, 15) is 40.9 Å². The number of morpholine rings is 1. The summed E-state index contributed by atoms with van der Waals surface area (Å²) >= 11 is 0. The van der Waals surface area contributed by atoms with Gasteiger partial charge in [0.1, 0.15) is 34.6 Å². The first kappa shape index (κ1) is 54.4. The zero-order chi connectivity index (χ0) is 54.5. The average molecular weight is 1070 g/mol. The molecule has 5 N–H and O–H groups in total. The van der Waals surface area contributed by atoms with Gasteiger partial charge in [-0.15, -0.1) is 0 Å². The maximum absolute atomic E-state index is 15.0. The average Bonchev–Trinajstić information content (AvgIpc) is 3.40. The van der Waals surface area contributed by atoms with Crippen LogP contribution in [0, 0.1) is 37.1 Å². The van der Waals surface area contributed by atoms with Crippen molar-refractivity contribution in [2.45, 2.75) is 71.9 Å². The van der Waals surface area contributed by atoms with E-state index in [1.54, 1.807) is 30.3 Å². The summed E-state index contributed by atoms with van der Waals surface area (Å²) in [5, 5.41) is 14.1. The van der Waals surface area contributed by atoms with Crippen molar-refractivity contribution in [1.29, 1.82) is 0 Å². The number of ether oxygens (including phenoxy) is 1. The number of nitrogens with zero attached hydrogens (tertiary/aromatic N) is 7. The molecule has 0 bridgehead atoms. The summed E-state index contributed by atoms with van der Waals surface area (Å²) in [5.41, 5.74) is 4.02. The van der Waals surface area contributed by atoms with Gasteiger partial charge in [0.25, 0.3) is 11.8 Å². The number of para-hydroxylation sites is 2. The Labute approximate surface area is 438 Å². The molecule has 5 heterocycles. The Morgan fingerprint density at radius 3 is 1.57 bits per heavy atom. The standard InChI is InChI=1S/C29H33F2N7O3.C24H23F2N5O3S/c1-17(2)34-27(39)19-8-7-18(3)20(15-19)24-21-16-33-29(40)38(25-22(30)5-4-6-23(25)31)26(21)36-28(35-24)32-9-10-37-11-13-41-14-12-37;1-12(2)28-22(32)14-9-8-13(3)15(10-14)19-16-11-27-24(33)31(20-17(25)6-5-7-18(20)26)21(16)30-23(29-19)35(4)34/h4-8,15,17H,9-14,16H2,1-3H3,(H,33,40)(H,34,39)(H,32,35,36);5-10,12H,11H2,1-4H3,(H,27,33)(H,28,32). The lowest BCUT2D eigenvalue weighted by atomic mass is 9.97. The molecule has 6 amide bonds. The lowest BCUT2D eigenvalue weighted by Crippen LogP contribution is -2.43. The highest BCUT2D eigenvalue weighted by molar-refractivity contribution is 7.84. The minimum absolute atomic E-state index is 0.0332. The predicted molar refractivity (Wildman–Crippen MR) is 279 cm³/mol. The summed E-state index contributed by atoms with van der Waals surface area (Å²) < 4.78 is 77.1. The van der Waals surface area contributed by atoms with E-state index in [4.69, 9.17) is 9.72 Å². The molecule has 1 saturated heterocycles. The lowest BCUT2D eigenvalue weighted by molar-refractivity contribution is 0.0398. The van der Waals surface area contributed by atoms with Crippen molar-refractivity contribution >= 4 is 63.6 Å². The molecule has 0 radical (unpaired) electrons. The lowest BCUT2D eigenvalue weighted by Gasteiger charge is -2.31. The molecular weight excluding hydrogens is 1010 g/mol. The maximum Gasteiger partial charge on any atom is 0.328 e. The zero-order valence-electron chi connectivity index (χ0n) is 42.7. The van der Waals surface area contributed by atoms with Gasteiger partial charge in [0.05, 0.1) is 48.5 Å². The Kier molecular flexibility index (Phi) is 16.7. The number of aromatic nitrogens is 4. The van der Waals surface area contributed by atoms with Crippen LogP contribution in [0.1, 0.15) is 70.7 Å². The van der Waals surface area contributed by atoms with Crippen LogP contribution in [0.5, 0.6) is 0 Å². The van der Waals surface area contributed by atoms with Crippen LogP contribution in [0.4, 0.5) is 56.1 Å². The molecule has 1 atom stereocenters. The Morgan fingerprint density at radius 2 is 1.12 bits per heavy atom. The molecule has 1 unspecified atom stereocenters. The number of halogens is 4. The number of anilines is 5. The van der Waals surface area contributed by atoms with Gasteiger partial charge in [-0.25, -0.2) is 51.9 Å². The van der Waals surface area contributed by atoms with E-state index in [0.717, 1.165) is 58.3 Å². The fourth-order valence-corrected chi connectivity index (χ4v) is 9.08. The Morgan fingerprint density at radius 1 is 0.671 bits per heavy atom. The Hall–Kier alpha value is -7.89. The molecule has 0 saturated carbocycles. The second kappa shape index (κ2) is 23.3. The van der Waals surface area contributed by atoms with E-state index in [1.807, 2.05) is 47.6 Å². The molecule has 1 fully saturated rings. The summed E-state index contributed by atoms with van der Waals surface area (Å²) in [7, 11) is -1.68. The second-order valence-electron chi connectivity index (χ2n) is 18.6. The topological polar surface area (TPSA) is 216 Å². The normalized spacial score (nSPS) is 14.8. The minimum Gasteiger partial charge on any atom is -0.379 e. The molecule has 0 aliphatic carbocycles. The molecule has 0 spiro atoms. The van der Waals surface area contributed by atoms with Gasteiger partial charge in [0, 0.05) is 77.9 Å².